The standard InChI is InChI=1S/C22H26BrN3O/c1-3-17(4-2)22(27)24-14-13-21-25-19-7-5-6-8-20(19)26(21)15-16-9-11-18(23)12-10-16/h5-12,17H,3-4,13-15H2,1-2H3,(H,24,27). The Morgan fingerprint density at radius 3 is 2.52 bits per heavy atom. The third kappa shape index (κ3) is 4.78. The lowest BCUT2D eigenvalue weighted by Gasteiger charge is -2.13. The Balaban J connectivity index is 1.78. The molecular formula is C22H26BrN3O. The van der Waals surface area contributed by atoms with Crippen LogP contribution >= 0.6 is 15.9 Å². The van der Waals surface area contributed by atoms with Crippen LogP contribution in [0.2, 0.25) is 0 Å². The van der Waals surface area contributed by atoms with Gasteiger partial charge in [0, 0.05) is 29.9 Å². The van der Waals surface area contributed by atoms with Gasteiger partial charge in [0.1, 0.15) is 5.82 Å². The average Bonchev–Trinajstić information content (AvgIpc) is 3.02. The maximum absolute atomic E-state index is 12.2. The van der Waals surface area contributed by atoms with Crippen molar-refractivity contribution in [2.75, 3.05) is 6.54 Å². The van der Waals surface area contributed by atoms with E-state index in [4.69, 9.17) is 4.98 Å². The van der Waals surface area contributed by atoms with Gasteiger partial charge in [-0.3, -0.25) is 4.79 Å². The average molecular weight is 428 g/mol. The third-order valence-corrected chi connectivity index (χ3v) is 5.52. The number of nitrogens with one attached hydrogen (secondary N) is 1. The van der Waals surface area contributed by atoms with Gasteiger partial charge in [0.15, 0.2) is 0 Å². The molecule has 5 heteroatoms. The molecule has 3 aromatic rings. The number of aromatic nitrogens is 2. The Morgan fingerprint density at radius 2 is 1.81 bits per heavy atom. The van der Waals surface area contributed by atoms with Crippen LogP contribution in [-0.4, -0.2) is 22.0 Å². The number of carbonyl (C=O) groups is 1. The number of hydrogen-bond donors (Lipinski definition) is 1. The number of hydrogen-bond acceptors (Lipinski definition) is 2. The van der Waals surface area contributed by atoms with Gasteiger partial charge in [0.2, 0.25) is 5.91 Å². The molecule has 3 rings (SSSR count). The molecule has 2 aromatic carbocycles. The molecule has 1 amide bonds. The second-order valence-electron chi connectivity index (χ2n) is 6.78. The van der Waals surface area contributed by atoms with Gasteiger partial charge in [0.05, 0.1) is 11.0 Å². The summed E-state index contributed by atoms with van der Waals surface area (Å²) in [5.74, 6) is 1.26. The molecule has 1 aromatic heterocycles. The molecule has 0 saturated heterocycles. The predicted octanol–water partition coefficient (Wildman–Crippen LogP) is 4.94. The van der Waals surface area contributed by atoms with E-state index in [1.54, 1.807) is 0 Å². The smallest absolute Gasteiger partial charge is 0.223 e. The van der Waals surface area contributed by atoms with Gasteiger partial charge < -0.3 is 9.88 Å². The Kier molecular flexibility index (Phi) is 6.67. The van der Waals surface area contributed by atoms with Crippen LogP contribution in [0.15, 0.2) is 53.0 Å². The number of para-hydroxylation sites is 2. The van der Waals surface area contributed by atoms with Crippen molar-refractivity contribution in [3.8, 4) is 0 Å². The number of amides is 1. The van der Waals surface area contributed by atoms with E-state index >= 15 is 0 Å². The first-order chi connectivity index (χ1) is 13.1. The highest BCUT2D eigenvalue weighted by atomic mass is 79.9. The van der Waals surface area contributed by atoms with E-state index in [0.29, 0.717) is 6.54 Å². The molecule has 0 saturated carbocycles. The Hall–Kier alpha value is -2.14. The highest BCUT2D eigenvalue weighted by Gasteiger charge is 2.15. The minimum atomic E-state index is 0.103. The first-order valence-corrected chi connectivity index (χ1v) is 10.4. The van der Waals surface area contributed by atoms with Gasteiger partial charge in [-0.15, -0.1) is 0 Å². The summed E-state index contributed by atoms with van der Waals surface area (Å²) in [7, 11) is 0. The monoisotopic (exact) mass is 427 g/mol. The fourth-order valence-corrected chi connectivity index (χ4v) is 3.63. The zero-order valence-electron chi connectivity index (χ0n) is 15.9. The molecule has 0 fully saturated rings. The summed E-state index contributed by atoms with van der Waals surface area (Å²) in [4.78, 5) is 17.0. The van der Waals surface area contributed by atoms with Gasteiger partial charge in [-0.25, -0.2) is 4.98 Å². The van der Waals surface area contributed by atoms with Crippen molar-refractivity contribution < 1.29 is 4.79 Å². The summed E-state index contributed by atoms with van der Waals surface area (Å²) in [6, 6.07) is 16.6. The quantitative estimate of drug-likeness (QED) is 0.552. The number of halogens is 1. The Labute approximate surface area is 169 Å². The van der Waals surface area contributed by atoms with Crippen molar-refractivity contribution in [1.82, 2.24) is 14.9 Å². The van der Waals surface area contributed by atoms with Gasteiger partial charge in [0.25, 0.3) is 0 Å². The molecule has 1 heterocycles. The number of nitrogens with zero attached hydrogens (tertiary/aromatic N) is 2. The topological polar surface area (TPSA) is 46.9 Å². The van der Waals surface area contributed by atoms with Crippen LogP contribution in [0.25, 0.3) is 11.0 Å². The third-order valence-electron chi connectivity index (χ3n) is 4.99. The van der Waals surface area contributed by atoms with Crippen LogP contribution in [0.1, 0.15) is 38.1 Å². The van der Waals surface area contributed by atoms with Crippen molar-refractivity contribution in [2.24, 2.45) is 5.92 Å². The first-order valence-electron chi connectivity index (χ1n) is 9.58. The van der Waals surface area contributed by atoms with E-state index in [0.717, 1.165) is 47.1 Å². The molecule has 27 heavy (non-hydrogen) atoms. The minimum Gasteiger partial charge on any atom is -0.355 e. The van der Waals surface area contributed by atoms with E-state index in [2.05, 4.69) is 70.0 Å². The van der Waals surface area contributed by atoms with Crippen molar-refractivity contribution in [2.45, 2.75) is 39.7 Å². The number of rotatable bonds is 8. The van der Waals surface area contributed by atoms with Crippen LogP contribution in [0.4, 0.5) is 0 Å². The van der Waals surface area contributed by atoms with Gasteiger partial charge in [-0.2, -0.15) is 0 Å². The molecule has 0 spiro atoms. The molecule has 0 aliphatic carbocycles. The Bertz CT molecular complexity index is 898. The molecule has 142 valence electrons. The van der Waals surface area contributed by atoms with Crippen LogP contribution in [0.3, 0.4) is 0 Å². The summed E-state index contributed by atoms with van der Waals surface area (Å²) in [6.45, 7) is 5.50. The second kappa shape index (κ2) is 9.18. The number of benzene rings is 2. The van der Waals surface area contributed by atoms with Crippen molar-refractivity contribution in [3.05, 3.63) is 64.4 Å². The lowest BCUT2D eigenvalue weighted by Crippen LogP contribution is -2.32. The maximum atomic E-state index is 12.2. The first kappa shape index (κ1) is 19.6. The second-order valence-corrected chi connectivity index (χ2v) is 7.70. The van der Waals surface area contributed by atoms with Crippen molar-refractivity contribution in [1.29, 1.82) is 0 Å². The zero-order valence-corrected chi connectivity index (χ0v) is 17.5. The van der Waals surface area contributed by atoms with Crippen LogP contribution in [0.5, 0.6) is 0 Å². The molecule has 0 atom stereocenters. The van der Waals surface area contributed by atoms with E-state index in [1.807, 2.05) is 18.2 Å². The molecule has 0 aliphatic rings. The van der Waals surface area contributed by atoms with Crippen molar-refractivity contribution in [3.63, 3.8) is 0 Å². The summed E-state index contributed by atoms with van der Waals surface area (Å²) in [6.07, 6.45) is 2.48. The molecule has 4 nitrogen and oxygen atoms in total. The van der Waals surface area contributed by atoms with Crippen LogP contribution < -0.4 is 5.32 Å². The number of fused-ring (bicyclic) bond motifs is 1. The van der Waals surface area contributed by atoms with E-state index < -0.39 is 0 Å². The van der Waals surface area contributed by atoms with Crippen LogP contribution in [0, 0.1) is 5.92 Å². The summed E-state index contributed by atoms with van der Waals surface area (Å²) >= 11 is 3.49. The lowest BCUT2D eigenvalue weighted by molar-refractivity contribution is -0.125. The summed E-state index contributed by atoms with van der Waals surface area (Å²) < 4.78 is 3.33. The molecular weight excluding hydrogens is 402 g/mol. The zero-order chi connectivity index (χ0) is 19.2. The van der Waals surface area contributed by atoms with E-state index in [9.17, 15) is 4.79 Å². The predicted molar refractivity (Wildman–Crippen MR) is 114 cm³/mol. The maximum Gasteiger partial charge on any atom is 0.223 e. The van der Waals surface area contributed by atoms with Crippen molar-refractivity contribution >= 4 is 32.9 Å². The summed E-state index contributed by atoms with van der Waals surface area (Å²) in [5, 5.41) is 3.08. The van der Waals surface area contributed by atoms with Crippen LogP contribution in [-0.2, 0) is 17.8 Å². The highest BCUT2D eigenvalue weighted by molar-refractivity contribution is 9.10. The van der Waals surface area contributed by atoms with E-state index in [1.165, 1.54) is 5.56 Å². The molecule has 0 radical (unpaired) electrons. The molecule has 0 unspecified atom stereocenters. The van der Waals surface area contributed by atoms with Gasteiger partial charge in [-0.05, 0) is 42.7 Å². The Morgan fingerprint density at radius 1 is 1.11 bits per heavy atom. The minimum absolute atomic E-state index is 0.103. The molecule has 0 aliphatic heterocycles. The molecule has 0 bridgehead atoms. The van der Waals surface area contributed by atoms with E-state index in [-0.39, 0.29) is 11.8 Å². The fourth-order valence-electron chi connectivity index (χ4n) is 3.37. The largest absolute Gasteiger partial charge is 0.355 e. The van der Waals surface area contributed by atoms with Gasteiger partial charge >= 0.3 is 0 Å². The number of carbonyl (C=O) groups excluding carboxylic acids is 1. The van der Waals surface area contributed by atoms with Gasteiger partial charge in [-0.1, -0.05) is 54.0 Å². The fraction of sp³-hybridized carbons (Fsp3) is 0.364. The lowest BCUT2D eigenvalue weighted by atomic mass is 10.0. The normalized spacial score (nSPS) is 11.3. The SMILES string of the molecule is CCC(CC)C(=O)NCCc1nc2ccccc2n1Cc1ccc(Br)cc1. The summed E-state index contributed by atoms with van der Waals surface area (Å²) in [5.41, 5.74) is 3.35. The molecule has 1 N–H and O–H groups in total. The highest BCUT2D eigenvalue weighted by Crippen LogP contribution is 2.19. The number of imidazole rings is 1.